The maximum atomic E-state index is 12.8. The van der Waals surface area contributed by atoms with E-state index in [1.54, 1.807) is 0 Å². The number of nitro groups is 1. The number of benzene rings is 2. The highest BCUT2D eigenvalue weighted by Gasteiger charge is 2.33. The number of aryl methyl sites for hydroxylation is 2. The molecule has 0 fully saturated rings. The zero-order chi connectivity index (χ0) is 22.8. The highest BCUT2D eigenvalue weighted by Crippen LogP contribution is 2.35. The maximum absolute atomic E-state index is 12.8. The van der Waals surface area contributed by atoms with E-state index in [-0.39, 0.29) is 5.69 Å². The second-order valence-electron chi connectivity index (χ2n) is 7.04. The average Bonchev–Trinajstić information content (AvgIpc) is 3.00. The zero-order valence-corrected chi connectivity index (χ0v) is 17.2. The largest absolute Gasteiger partial charge is 0.416 e. The smallest absolute Gasteiger partial charge is 0.318 e. The van der Waals surface area contributed by atoms with Gasteiger partial charge in [-0.25, -0.2) is 0 Å². The first-order valence-corrected chi connectivity index (χ1v) is 9.54. The Morgan fingerprint density at radius 2 is 1.81 bits per heavy atom. The van der Waals surface area contributed by atoms with E-state index in [0.717, 1.165) is 41.2 Å². The fraction of sp³-hybridized carbons (Fsp3) is 0.227. The van der Waals surface area contributed by atoms with Crippen LogP contribution in [0.25, 0.3) is 5.69 Å². The number of halogens is 3. The molecule has 6 nitrogen and oxygen atoms in total. The van der Waals surface area contributed by atoms with Gasteiger partial charge < -0.3 is 4.57 Å². The number of nitrogens with one attached hydrogen (secondary N) is 1. The number of hydrogen-bond donors (Lipinski definition) is 1. The van der Waals surface area contributed by atoms with E-state index in [1.807, 2.05) is 32.0 Å². The molecule has 1 heterocycles. The van der Waals surface area contributed by atoms with Crippen molar-refractivity contribution in [1.29, 1.82) is 0 Å². The van der Waals surface area contributed by atoms with Gasteiger partial charge >= 0.3 is 6.18 Å². The number of anilines is 1. The number of rotatable bonds is 6. The molecule has 0 bridgehead atoms. The molecule has 1 aromatic heterocycles. The molecule has 31 heavy (non-hydrogen) atoms. The van der Waals surface area contributed by atoms with Crippen LogP contribution in [0.1, 0.15) is 35.0 Å². The van der Waals surface area contributed by atoms with Crippen molar-refractivity contribution in [2.75, 3.05) is 5.43 Å². The van der Waals surface area contributed by atoms with Crippen LogP contribution in [0, 0.1) is 24.0 Å². The van der Waals surface area contributed by atoms with Gasteiger partial charge in [-0.15, -0.1) is 0 Å². The minimum Gasteiger partial charge on any atom is -0.318 e. The SMILES string of the molecule is CCc1ccc(-n2c(C)cc(/C=N\Nc3ccc(C(F)(F)F)cc3[N+](=O)[O-])c2C)cc1. The van der Waals surface area contributed by atoms with E-state index in [0.29, 0.717) is 6.07 Å². The van der Waals surface area contributed by atoms with Gasteiger partial charge in [-0.2, -0.15) is 18.3 Å². The number of alkyl halides is 3. The Labute approximate surface area is 177 Å². The van der Waals surface area contributed by atoms with Crippen LogP contribution in [0.5, 0.6) is 0 Å². The van der Waals surface area contributed by atoms with Gasteiger partial charge in [0, 0.05) is 28.7 Å². The second-order valence-corrected chi connectivity index (χ2v) is 7.04. The topological polar surface area (TPSA) is 72.5 Å². The van der Waals surface area contributed by atoms with Gasteiger partial charge in [-0.05, 0) is 56.2 Å². The van der Waals surface area contributed by atoms with Gasteiger partial charge in [-0.3, -0.25) is 15.5 Å². The lowest BCUT2D eigenvalue weighted by Gasteiger charge is -2.10. The summed E-state index contributed by atoms with van der Waals surface area (Å²) in [4.78, 5) is 10.3. The summed E-state index contributed by atoms with van der Waals surface area (Å²) >= 11 is 0. The summed E-state index contributed by atoms with van der Waals surface area (Å²) in [6, 6.07) is 12.4. The van der Waals surface area contributed by atoms with Gasteiger partial charge in [0.2, 0.25) is 0 Å². The summed E-state index contributed by atoms with van der Waals surface area (Å²) in [5, 5.41) is 15.2. The third kappa shape index (κ3) is 4.76. The number of aromatic nitrogens is 1. The van der Waals surface area contributed by atoms with Crippen molar-refractivity contribution in [3.63, 3.8) is 0 Å². The molecule has 0 aliphatic heterocycles. The highest BCUT2D eigenvalue weighted by molar-refractivity contribution is 5.83. The molecule has 0 spiro atoms. The van der Waals surface area contributed by atoms with E-state index in [2.05, 4.69) is 34.2 Å². The van der Waals surface area contributed by atoms with Crippen molar-refractivity contribution in [1.82, 2.24) is 4.57 Å². The Morgan fingerprint density at radius 3 is 2.39 bits per heavy atom. The number of hydrazone groups is 1. The van der Waals surface area contributed by atoms with Crippen molar-refractivity contribution in [2.24, 2.45) is 5.10 Å². The van der Waals surface area contributed by atoms with Gasteiger partial charge in [0.25, 0.3) is 5.69 Å². The molecule has 1 N–H and O–H groups in total. The van der Waals surface area contributed by atoms with Crippen LogP contribution in [-0.4, -0.2) is 15.7 Å². The van der Waals surface area contributed by atoms with Crippen LogP contribution in [-0.2, 0) is 12.6 Å². The summed E-state index contributed by atoms with van der Waals surface area (Å²) in [6.45, 7) is 5.96. The summed E-state index contributed by atoms with van der Waals surface area (Å²) < 4.78 is 40.5. The quantitative estimate of drug-likeness (QED) is 0.295. The first kappa shape index (κ1) is 22.1. The predicted octanol–water partition coefficient (Wildman–Crippen LogP) is 6.03. The van der Waals surface area contributed by atoms with Crippen LogP contribution < -0.4 is 5.43 Å². The molecule has 3 rings (SSSR count). The molecule has 2 aromatic carbocycles. The molecule has 3 aromatic rings. The minimum atomic E-state index is -4.67. The number of hydrogen-bond acceptors (Lipinski definition) is 4. The highest BCUT2D eigenvalue weighted by atomic mass is 19.4. The normalized spacial score (nSPS) is 11.8. The average molecular weight is 430 g/mol. The molecule has 0 atom stereocenters. The molecular formula is C22H21F3N4O2. The third-order valence-corrected chi connectivity index (χ3v) is 4.98. The first-order chi connectivity index (χ1) is 14.6. The van der Waals surface area contributed by atoms with Crippen molar-refractivity contribution in [3.05, 3.63) is 86.7 Å². The van der Waals surface area contributed by atoms with E-state index >= 15 is 0 Å². The maximum Gasteiger partial charge on any atom is 0.416 e. The van der Waals surface area contributed by atoms with Crippen molar-refractivity contribution in [2.45, 2.75) is 33.4 Å². The lowest BCUT2D eigenvalue weighted by Crippen LogP contribution is -2.06. The van der Waals surface area contributed by atoms with Crippen LogP contribution in [0.15, 0.2) is 53.6 Å². The predicted molar refractivity (Wildman–Crippen MR) is 114 cm³/mol. The monoisotopic (exact) mass is 430 g/mol. The van der Waals surface area contributed by atoms with Crippen LogP contribution in [0.4, 0.5) is 24.5 Å². The molecule has 0 aliphatic carbocycles. The molecule has 0 amide bonds. The Hall–Kier alpha value is -3.62. The van der Waals surface area contributed by atoms with Gasteiger partial charge in [-0.1, -0.05) is 19.1 Å². The molecule has 162 valence electrons. The number of nitro benzene ring substituents is 1. The molecule has 0 aliphatic rings. The summed E-state index contributed by atoms with van der Waals surface area (Å²) in [5.41, 5.74) is 5.46. The molecule has 0 unspecified atom stereocenters. The van der Waals surface area contributed by atoms with Gasteiger partial charge in [0.15, 0.2) is 0 Å². The van der Waals surface area contributed by atoms with E-state index in [1.165, 1.54) is 11.8 Å². The Bertz CT molecular complexity index is 1130. The minimum absolute atomic E-state index is 0.127. The number of nitrogens with zero attached hydrogens (tertiary/aromatic N) is 3. The first-order valence-electron chi connectivity index (χ1n) is 9.54. The van der Waals surface area contributed by atoms with E-state index in [4.69, 9.17) is 0 Å². The molecular weight excluding hydrogens is 409 g/mol. The summed E-state index contributed by atoms with van der Waals surface area (Å²) in [6.07, 6.45) is -2.23. The van der Waals surface area contributed by atoms with Crippen LogP contribution >= 0.6 is 0 Å². The summed E-state index contributed by atoms with van der Waals surface area (Å²) in [5.74, 6) is 0. The molecule has 0 saturated carbocycles. The Balaban J connectivity index is 1.86. The zero-order valence-electron chi connectivity index (χ0n) is 17.2. The van der Waals surface area contributed by atoms with Crippen molar-refractivity contribution in [3.8, 4) is 5.69 Å². The summed E-state index contributed by atoms with van der Waals surface area (Å²) in [7, 11) is 0. The molecule has 0 saturated heterocycles. The molecule has 0 radical (unpaired) electrons. The fourth-order valence-corrected chi connectivity index (χ4v) is 3.32. The van der Waals surface area contributed by atoms with Crippen molar-refractivity contribution < 1.29 is 18.1 Å². The van der Waals surface area contributed by atoms with Gasteiger partial charge in [0.05, 0.1) is 16.7 Å². The van der Waals surface area contributed by atoms with Gasteiger partial charge in [0.1, 0.15) is 5.69 Å². The lowest BCUT2D eigenvalue weighted by molar-refractivity contribution is -0.384. The van der Waals surface area contributed by atoms with Crippen molar-refractivity contribution >= 4 is 17.6 Å². The van der Waals surface area contributed by atoms with Crippen LogP contribution in [0.2, 0.25) is 0 Å². The lowest BCUT2D eigenvalue weighted by atomic mass is 10.1. The Kier molecular flexibility index (Phi) is 6.14. The van der Waals surface area contributed by atoms with Crippen LogP contribution in [0.3, 0.4) is 0 Å². The standard InChI is InChI=1S/C22H21F3N4O2/c1-4-16-5-8-19(9-6-16)28-14(2)11-17(15(28)3)13-26-27-20-10-7-18(22(23,24)25)12-21(20)29(30)31/h5-13,27H,4H2,1-3H3/b26-13-. The molecule has 9 heteroatoms. The third-order valence-electron chi connectivity index (χ3n) is 4.98. The fourth-order valence-electron chi connectivity index (χ4n) is 3.32. The second kappa shape index (κ2) is 8.63. The van der Waals surface area contributed by atoms with E-state index < -0.39 is 22.4 Å². The Morgan fingerprint density at radius 1 is 1.13 bits per heavy atom. The van der Waals surface area contributed by atoms with E-state index in [9.17, 15) is 23.3 Å².